The van der Waals surface area contributed by atoms with Gasteiger partial charge in [0.15, 0.2) is 0 Å². The highest BCUT2D eigenvalue weighted by molar-refractivity contribution is 6.27. The Morgan fingerprint density at radius 1 is 0.800 bits per heavy atom. The number of likely N-dealkylation sites (tertiary alicyclic amines) is 1. The van der Waals surface area contributed by atoms with Crippen LogP contribution in [0.5, 0.6) is 0 Å². The molecule has 4 rings (SSSR count). The van der Waals surface area contributed by atoms with Crippen molar-refractivity contribution in [2.45, 2.75) is 31.6 Å². The number of nitrogens with zero attached hydrogens (tertiary/aromatic N) is 3. The third kappa shape index (κ3) is 7.69. The molecule has 7 nitrogen and oxygen atoms in total. The molecule has 2 saturated heterocycles. The summed E-state index contributed by atoms with van der Waals surface area (Å²) in [5.41, 5.74) is 1.17. The maximum atomic E-state index is 13.2. The molecular weight excluding hydrogens is 463 g/mol. The third-order valence-electron chi connectivity index (χ3n) is 6.41. The molecule has 0 saturated carbocycles. The lowest BCUT2D eigenvalue weighted by molar-refractivity contribution is -0.159. The molecule has 2 aliphatic heterocycles. The summed E-state index contributed by atoms with van der Waals surface area (Å²) in [6, 6.07) is 17.0. The van der Waals surface area contributed by atoms with Gasteiger partial charge in [-0.05, 0) is 49.7 Å². The summed E-state index contributed by atoms with van der Waals surface area (Å²) < 4.78 is 39.7. The maximum absolute atomic E-state index is 13.2. The van der Waals surface area contributed by atoms with Crippen LogP contribution in [0.3, 0.4) is 0 Å². The molecule has 0 aliphatic carbocycles. The lowest BCUT2D eigenvalue weighted by Gasteiger charge is -2.43. The maximum Gasteiger partial charge on any atom is 0.416 e. The highest BCUT2D eigenvalue weighted by atomic mass is 19.4. The first kappa shape index (κ1) is 26.5. The van der Waals surface area contributed by atoms with Crippen LogP contribution >= 0.6 is 0 Å². The van der Waals surface area contributed by atoms with Crippen LogP contribution in [0, 0.1) is 0 Å². The molecule has 0 aromatic heterocycles. The first-order chi connectivity index (χ1) is 16.6. The number of hydrogen-bond acceptors (Lipinski definition) is 5. The molecular formula is C25H30F3N3O4. The van der Waals surface area contributed by atoms with Gasteiger partial charge >= 0.3 is 18.1 Å². The summed E-state index contributed by atoms with van der Waals surface area (Å²) in [6.45, 7) is 6.26. The van der Waals surface area contributed by atoms with Crippen LogP contribution in [0.25, 0.3) is 0 Å². The molecule has 2 fully saturated rings. The van der Waals surface area contributed by atoms with Crippen molar-refractivity contribution in [1.29, 1.82) is 0 Å². The molecule has 190 valence electrons. The Hall–Kier alpha value is -3.11. The van der Waals surface area contributed by atoms with E-state index >= 15 is 0 Å². The number of aliphatic carboxylic acids is 2. The number of para-hydroxylation sites is 1. The van der Waals surface area contributed by atoms with E-state index in [1.807, 2.05) is 6.07 Å². The quantitative estimate of drug-likeness (QED) is 0.629. The normalized spacial score (nSPS) is 18.0. The van der Waals surface area contributed by atoms with Crippen molar-refractivity contribution in [2.75, 3.05) is 44.2 Å². The average molecular weight is 494 g/mol. The second kappa shape index (κ2) is 12.0. The number of carboxylic acid groups (broad SMARTS) is 2. The summed E-state index contributed by atoms with van der Waals surface area (Å²) in [5, 5.41) is 14.8. The molecule has 0 radical (unpaired) electrons. The smallest absolute Gasteiger partial charge is 0.416 e. The summed E-state index contributed by atoms with van der Waals surface area (Å²) in [7, 11) is 0. The summed E-state index contributed by atoms with van der Waals surface area (Å²) in [6.07, 6.45) is -2.23. The van der Waals surface area contributed by atoms with Gasteiger partial charge in [-0.25, -0.2) is 9.59 Å². The Kier molecular flexibility index (Phi) is 9.11. The van der Waals surface area contributed by atoms with Crippen LogP contribution in [-0.2, 0) is 22.3 Å². The van der Waals surface area contributed by atoms with Crippen molar-refractivity contribution in [3.63, 3.8) is 0 Å². The van der Waals surface area contributed by atoms with Crippen LogP contribution in [0.1, 0.15) is 24.0 Å². The molecule has 35 heavy (non-hydrogen) atoms. The number of carbonyl (C=O) groups is 2. The molecule has 2 aromatic carbocycles. The number of alkyl halides is 3. The first-order valence-electron chi connectivity index (χ1n) is 11.5. The monoisotopic (exact) mass is 493 g/mol. The van der Waals surface area contributed by atoms with E-state index in [4.69, 9.17) is 19.8 Å². The molecule has 2 aromatic rings. The highest BCUT2D eigenvalue weighted by Gasteiger charge is 2.34. The minimum atomic E-state index is -4.28. The number of carboxylic acids is 2. The van der Waals surface area contributed by atoms with E-state index in [2.05, 4.69) is 39.0 Å². The van der Waals surface area contributed by atoms with Gasteiger partial charge in [0.25, 0.3) is 0 Å². The molecule has 0 unspecified atom stereocenters. The van der Waals surface area contributed by atoms with Crippen LogP contribution in [-0.4, -0.2) is 77.3 Å². The predicted octanol–water partition coefficient (Wildman–Crippen LogP) is 3.65. The fraction of sp³-hybridized carbons (Fsp3) is 0.440. The Balaban J connectivity index is 0.000000509. The third-order valence-corrected chi connectivity index (χ3v) is 6.41. The molecule has 2 heterocycles. The number of anilines is 1. The van der Waals surface area contributed by atoms with E-state index in [9.17, 15) is 13.2 Å². The Labute approximate surface area is 202 Å². The standard InChI is InChI=1S/C23H28F3N3.C2H2O4/c24-23(25,26)22-9-5-4-6-19(22)18-27-12-10-21(11-13-27)29-16-14-28(15-17-29)20-7-2-1-3-8-20;3-1(4)2(5)6/h1-9,21H,10-18H2;(H,3,4)(H,5,6). The van der Waals surface area contributed by atoms with Crippen molar-refractivity contribution in [3.05, 3.63) is 65.7 Å². The number of hydrogen-bond donors (Lipinski definition) is 2. The van der Waals surface area contributed by atoms with Crippen molar-refractivity contribution in [2.24, 2.45) is 0 Å². The molecule has 0 atom stereocenters. The van der Waals surface area contributed by atoms with E-state index in [0.717, 1.165) is 52.1 Å². The van der Waals surface area contributed by atoms with Crippen molar-refractivity contribution >= 4 is 17.6 Å². The lowest BCUT2D eigenvalue weighted by atomic mass is 10.00. The number of piperidine rings is 1. The minimum Gasteiger partial charge on any atom is -0.473 e. The van der Waals surface area contributed by atoms with Crippen molar-refractivity contribution < 1.29 is 33.0 Å². The topological polar surface area (TPSA) is 84.3 Å². The molecule has 2 aliphatic rings. The van der Waals surface area contributed by atoms with Crippen LogP contribution in [0.15, 0.2) is 54.6 Å². The van der Waals surface area contributed by atoms with Gasteiger partial charge in [-0.15, -0.1) is 0 Å². The summed E-state index contributed by atoms with van der Waals surface area (Å²) in [4.78, 5) is 25.4. The van der Waals surface area contributed by atoms with Crippen LogP contribution in [0.2, 0.25) is 0 Å². The van der Waals surface area contributed by atoms with Gasteiger partial charge in [-0.2, -0.15) is 13.2 Å². The van der Waals surface area contributed by atoms with Crippen LogP contribution < -0.4 is 4.90 Å². The average Bonchev–Trinajstić information content (AvgIpc) is 2.85. The zero-order chi connectivity index (χ0) is 25.4. The van der Waals surface area contributed by atoms with Gasteiger partial charge in [-0.1, -0.05) is 36.4 Å². The summed E-state index contributed by atoms with van der Waals surface area (Å²) >= 11 is 0. The molecule has 0 spiro atoms. The number of rotatable bonds is 4. The van der Waals surface area contributed by atoms with Crippen molar-refractivity contribution in [1.82, 2.24) is 9.80 Å². The van der Waals surface area contributed by atoms with Gasteiger partial charge in [0, 0.05) is 44.5 Å². The second-order valence-corrected chi connectivity index (χ2v) is 8.63. The fourth-order valence-electron chi connectivity index (χ4n) is 4.60. The molecule has 0 bridgehead atoms. The number of halogens is 3. The van der Waals surface area contributed by atoms with E-state index < -0.39 is 23.7 Å². The molecule has 10 heteroatoms. The van der Waals surface area contributed by atoms with Gasteiger partial charge in [0.1, 0.15) is 0 Å². The van der Waals surface area contributed by atoms with E-state index in [1.54, 1.807) is 12.1 Å². The van der Waals surface area contributed by atoms with Gasteiger partial charge in [0.2, 0.25) is 0 Å². The van der Waals surface area contributed by atoms with Crippen LogP contribution in [0.4, 0.5) is 18.9 Å². The largest absolute Gasteiger partial charge is 0.473 e. The van der Waals surface area contributed by atoms with E-state index in [0.29, 0.717) is 18.2 Å². The van der Waals surface area contributed by atoms with E-state index in [1.165, 1.54) is 17.8 Å². The molecule has 2 N–H and O–H groups in total. The van der Waals surface area contributed by atoms with Gasteiger partial charge < -0.3 is 15.1 Å². The Morgan fingerprint density at radius 2 is 1.34 bits per heavy atom. The first-order valence-corrected chi connectivity index (χ1v) is 11.5. The summed E-state index contributed by atoms with van der Waals surface area (Å²) in [5.74, 6) is -3.65. The highest BCUT2D eigenvalue weighted by Crippen LogP contribution is 2.33. The Morgan fingerprint density at radius 3 is 1.89 bits per heavy atom. The SMILES string of the molecule is FC(F)(F)c1ccccc1CN1CCC(N2CCN(c3ccccc3)CC2)CC1.O=C(O)C(=O)O. The van der Waals surface area contributed by atoms with E-state index in [-0.39, 0.29) is 0 Å². The Bertz CT molecular complexity index is 959. The van der Waals surface area contributed by atoms with Gasteiger partial charge in [-0.3, -0.25) is 9.80 Å². The fourth-order valence-corrected chi connectivity index (χ4v) is 4.60. The zero-order valence-electron chi connectivity index (χ0n) is 19.3. The van der Waals surface area contributed by atoms with Gasteiger partial charge in [0.05, 0.1) is 5.56 Å². The second-order valence-electron chi connectivity index (χ2n) is 8.63. The molecule has 0 amide bonds. The number of benzene rings is 2. The zero-order valence-corrected chi connectivity index (χ0v) is 19.3. The number of piperazine rings is 1. The lowest BCUT2D eigenvalue weighted by Crippen LogP contribution is -2.53. The van der Waals surface area contributed by atoms with Crippen molar-refractivity contribution in [3.8, 4) is 0 Å². The predicted molar refractivity (Wildman–Crippen MR) is 125 cm³/mol. The minimum absolute atomic E-state index is 0.379.